The molecule has 2 aromatic rings. The van der Waals surface area contributed by atoms with E-state index in [1.54, 1.807) is 0 Å². The monoisotopic (exact) mass is 280 g/mol. The van der Waals surface area contributed by atoms with Gasteiger partial charge in [0.15, 0.2) is 0 Å². The molecule has 110 valence electrons. The SMILES string of the molecule is C=C(c1ccccc1)c1ccc(CCOC(C)(C)C)cc1. The molecule has 0 aliphatic heterocycles. The summed E-state index contributed by atoms with van der Waals surface area (Å²) in [4.78, 5) is 0. The van der Waals surface area contributed by atoms with Crippen LogP contribution in [0.4, 0.5) is 0 Å². The normalized spacial score (nSPS) is 11.4. The van der Waals surface area contributed by atoms with E-state index in [-0.39, 0.29) is 5.60 Å². The molecule has 2 rings (SSSR count). The van der Waals surface area contributed by atoms with Gasteiger partial charge in [-0.1, -0.05) is 61.2 Å². The highest BCUT2D eigenvalue weighted by atomic mass is 16.5. The first-order chi connectivity index (χ1) is 9.96. The first-order valence-electron chi connectivity index (χ1n) is 7.43. The maximum atomic E-state index is 5.76. The Labute approximate surface area is 128 Å². The van der Waals surface area contributed by atoms with Crippen molar-refractivity contribution < 1.29 is 4.74 Å². The fourth-order valence-electron chi connectivity index (χ4n) is 2.15. The number of ether oxygens (including phenoxy) is 1. The van der Waals surface area contributed by atoms with Crippen molar-refractivity contribution in [3.05, 3.63) is 77.9 Å². The Hall–Kier alpha value is -1.86. The molecular weight excluding hydrogens is 256 g/mol. The van der Waals surface area contributed by atoms with Gasteiger partial charge in [0, 0.05) is 0 Å². The fourth-order valence-corrected chi connectivity index (χ4v) is 2.15. The Balaban J connectivity index is 1.98. The lowest BCUT2D eigenvalue weighted by Crippen LogP contribution is -2.20. The van der Waals surface area contributed by atoms with E-state index >= 15 is 0 Å². The van der Waals surface area contributed by atoms with Gasteiger partial charge in [0.1, 0.15) is 0 Å². The molecule has 0 atom stereocenters. The predicted molar refractivity (Wildman–Crippen MR) is 90.4 cm³/mol. The number of hydrogen-bond acceptors (Lipinski definition) is 1. The lowest BCUT2D eigenvalue weighted by atomic mass is 9.98. The summed E-state index contributed by atoms with van der Waals surface area (Å²) in [5.74, 6) is 0. The van der Waals surface area contributed by atoms with Crippen LogP contribution in [0.5, 0.6) is 0 Å². The van der Waals surface area contributed by atoms with E-state index in [9.17, 15) is 0 Å². The molecule has 0 aliphatic rings. The van der Waals surface area contributed by atoms with E-state index in [0.29, 0.717) is 0 Å². The van der Waals surface area contributed by atoms with Crippen molar-refractivity contribution >= 4 is 5.57 Å². The molecule has 1 heteroatoms. The first-order valence-corrected chi connectivity index (χ1v) is 7.43. The van der Waals surface area contributed by atoms with Crippen molar-refractivity contribution in [2.75, 3.05) is 6.61 Å². The van der Waals surface area contributed by atoms with E-state index in [1.807, 2.05) is 18.2 Å². The van der Waals surface area contributed by atoms with Crippen LogP contribution in [0.15, 0.2) is 61.2 Å². The zero-order chi connectivity index (χ0) is 15.3. The van der Waals surface area contributed by atoms with Crippen LogP contribution < -0.4 is 0 Å². The van der Waals surface area contributed by atoms with Gasteiger partial charge in [-0.05, 0) is 49.5 Å². The van der Waals surface area contributed by atoms with Crippen molar-refractivity contribution in [3.8, 4) is 0 Å². The van der Waals surface area contributed by atoms with Crippen LogP contribution in [0.1, 0.15) is 37.5 Å². The number of hydrogen-bond donors (Lipinski definition) is 0. The van der Waals surface area contributed by atoms with E-state index in [0.717, 1.165) is 18.6 Å². The molecule has 0 N–H and O–H groups in total. The average molecular weight is 280 g/mol. The first kappa shape index (κ1) is 15.5. The average Bonchev–Trinajstić information content (AvgIpc) is 2.47. The molecule has 0 amide bonds. The number of benzene rings is 2. The second kappa shape index (κ2) is 6.73. The second-order valence-corrected chi connectivity index (χ2v) is 6.25. The summed E-state index contributed by atoms with van der Waals surface area (Å²) in [5, 5.41) is 0. The Morgan fingerprint density at radius 2 is 1.48 bits per heavy atom. The third-order valence-electron chi connectivity index (χ3n) is 3.35. The van der Waals surface area contributed by atoms with Gasteiger partial charge in [-0.3, -0.25) is 0 Å². The lowest BCUT2D eigenvalue weighted by molar-refractivity contribution is -0.000976. The lowest BCUT2D eigenvalue weighted by Gasteiger charge is -2.19. The zero-order valence-corrected chi connectivity index (χ0v) is 13.2. The van der Waals surface area contributed by atoms with Crippen molar-refractivity contribution in [2.45, 2.75) is 32.8 Å². The minimum absolute atomic E-state index is 0.0679. The zero-order valence-electron chi connectivity index (χ0n) is 13.2. The largest absolute Gasteiger partial charge is 0.376 e. The standard InChI is InChI=1S/C20H24O/c1-16(18-8-6-5-7-9-18)19-12-10-17(11-13-19)14-15-21-20(2,3)4/h5-13H,1,14-15H2,2-4H3. The smallest absolute Gasteiger partial charge is 0.0598 e. The Morgan fingerprint density at radius 3 is 2.05 bits per heavy atom. The highest BCUT2D eigenvalue weighted by molar-refractivity contribution is 5.77. The summed E-state index contributed by atoms with van der Waals surface area (Å²) in [5.41, 5.74) is 4.63. The van der Waals surface area contributed by atoms with Crippen LogP contribution in [0, 0.1) is 0 Å². The van der Waals surface area contributed by atoms with E-state index in [4.69, 9.17) is 4.74 Å². The van der Waals surface area contributed by atoms with Gasteiger partial charge >= 0.3 is 0 Å². The maximum absolute atomic E-state index is 5.76. The second-order valence-electron chi connectivity index (χ2n) is 6.25. The summed E-state index contributed by atoms with van der Waals surface area (Å²) in [6, 6.07) is 18.9. The maximum Gasteiger partial charge on any atom is 0.0598 e. The quantitative estimate of drug-likeness (QED) is 0.740. The van der Waals surface area contributed by atoms with Crippen LogP contribution >= 0.6 is 0 Å². The summed E-state index contributed by atoms with van der Waals surface area (Å²) >= 11 is 0. The van der Waals surface area contributed by atoms with Gasteiger partial charge in [-0.25, -0.2) is 0 Å². The Morgan fingerprint density at radius 1 is 0.905 bits per heavy atom. The summed E-state index contributed by atoms with van der Waals surface area (Å²) in [7, 11) is 0. The third-order valence-corrected chi connectivity index (χ3v) is 3.35. The minimum Gasteiger partial charge on any atom is -0.376 e. The molecule has 21 heavy (non-hydrogen) atoms. The molecule has 0 bridgehead atoms. The highest BCUT2D eigenvalue weighted by Gasteiger charge is 2.09. The van der Waals surface area contributed by atoms with Crippen molar-refractivity contribution in [1.82, 2.24) is 0 Å². The molecular formula is C20H24O. The van der Waals surface area contributed by atoms with Crippen molar-refractivity contribution in [2.24, 2.45) is 0 Å². The molecule has 0 aromatic heterocycles. The van der Waals surface area contributed by atoms with E-state index in [1.165, 1.54) is 16.7 Å². The minimum atomic E-state index is -0.0679. The van der Waals surface area contributed by atoms with Crippen molar-refractivity contribution in [3.63, 3.8) is 0 Å². The van der Waals surface area contributed by atoms with Crippen molar-refractivity contribution in [1.29, 1.82) is 0 Å². The Kier molecular flexibility index (Phi) is 4.98. The molecule has 0 heterocycles. The van der Waals surface area contributed by atoms with Gasteiger partial charge in [0.25, 0.3) is 0 Å². The van der Waals surface area contributed by atoms with E-state index in [2.05, 4.69) is 63.7 Å². The van der Waals surface area contributed by atoms with Gasteiger partial charge in [0.2, 0.25) is 0 Å². The number of rotatable bonds is 5. The molecule has 0 radical (unpaired) electrons. The molecule has 0 saturated heterocycles. The van der Waals surface area contributed by atoms with Crippen LogP contribution in [-0.4, -0.2) is 12.2 Å². The highest BCUT2D eigenvalue weighted by Crippen LogP contribution is 2.21. The predicted octanol–water partition coefficient (Wildman–Crippen LogP) is 5.11. The summed E-state index contributed by atoms with van der Waals surface area (Å²) in [6.45, 7) is 11.2. The molecule has 1 nitrogen and oxygen atoms in total. The Bertz CT molecular complexity index is 573. The fraction of sp³-hybridized carbons (Fsp3) is 0.300. The summed E-state index contributed by atoms with van der Waals surface area (Å²) < 4.78 is 5.76. The summed E-state index contributed by atoms with van der Waals surface area (Å²) in [6.07, 6.45) is 0.940. The topological polar surface area (TPSA) is 9.23 Å². The molecule has 0 unspecified atom stereocenters. The molecule has 0 fully saturated rings. The molecule has 0 saturated carbocycles. The van der Waals surface area contributed by atoms with Crippen LogP contribution in [-0.2, 0) is 11.2 Å². The van der Waals surface area contributed by atoms with Crippen LogP contribution in [0.2, 0.25) is 0 Å². The molecule has 0 spiro atoms. The van der Waals surface area contributed by atoms with Gasteiger partial charge in [-0.15, -0.1) is 0 Å². The third kappa shape index (κ3) is 4.87. The van der Waals surface area contributed by atoms with Gasteiger partial charge in [0.05, 0.1) is 12.2 Å². The van der Waals surface area contributed by atoms with E-state index < -0.39 is 0 Å². The molecule has 2 aromatic carbocycles. The van der Waals surface area contributed by atoms with Crippen LogP contribution in [0.25, 0.3) is 5.57 Å². The van der Waals surface area contributed by atoms with Gasteiger partial charge in [-0.2, -0.15) is 0 Å². The van der Waals surface area contributed by atoms with Gasteiger partial charge < -0.3 is 4.74 Å². The van der Waals surface area contributed by atoms with Crippen LogP contribution in [0.3, 0.4) is 0 Å². The molecule has 0 aliphatic carbocycles.